The van der Waals surface area contributed by atoms with E-state index in [0.29, 0.717) is 12.3 Å². The molecular formula is C19H21F3N6O2. The number of carbonyl (C=O) groups is 1. The summed E-state index contributed by atoms with van der Waals surface area (Å²) in [4.78, 5) is 19.4. The number of alkyl halides is 3. The zero-order valence-electron chi connectivity index (χ0n) is 15.9. The molecule has 0 aliphatic carbocycles. The van der Waals surface area contributed by atoms with E-state index in [-0.39, 0.29) is 30.9 Å². The van der Waals surface area contributed by atoms with Gasteiger partial charge in [-0.3, -0.25) is 9.80 Å². The summed E-state index contributed by atoms with van der Waals surface area (Å²) in [5, 5.41) is 7.54. The summed E-state index contributed by atoms with van der Waals surface area (Å²) in [6.07, 6.45) is -3.59. The van der Waals surface area contributed by atoms with Gasteiger partial charge in [0, 0.05) is 44.1 Å². The maximum absolute atomic E-state index is 12.8. The Balaban J connectivity index is 1.35. The van der Waals surface area contributed by atoms with E-state index >= 15 is 0 Å². The molecular weight excluding hydrogens is 401 g/mol. The summed E-state index contributed by atoms with van der Waals surface area (Å²) in [6.45, 7) is 2.72. The van der Waals surface area contributed by atoms with Crippen LogP contribution in [0.25, 0.3) is 0 Å². The Labute approximate surface area is 170 Å². The summed E-state index contributed by atoms with van der Waals surface area (Å²) in [5.41, 5.74) is 4.58. The Morgan fingerprint density at radius 1 is 1.20 bits per heavy atom. The highest BCUT2D eigenvalue weighted by atomic mass is 19.4. The van der Waals surface area contributed by atoms with Gasteiger partial charge in [-0.15, -0.1) is 0 Å². The lowest BCUT2D eigenvalue weighted by atomic mass is 10.1. The van der Waals surface area contributed by atoms with E-state index in [1.54, 1.807) is 0 Å². The summed E-state index contributed by atoms with van der Waals surface area (Å²) in [5.74, 6) is -1.82. The molecule has 11 heteroatoms. The smallest absolute Gasteiger partial charge is 0.371 e. The van der Waals surface area contributed by atoms with Gasteiger partial charge in [-0.25, -0.2) is 15.4 Å². The molecule has 2 saturated heterocycles. The highest BCUT2D eigenvalue weighted by molar-refractivity contribution is 5.93. The lowest BCUT2D eigenvalue weighted by Crippen LogP contribution is -2.33. The number of anilines is 2. The molecule has 2 aliphatic heterocycles. The third-order valence-electron chi connectivity index (χ3n) is 4.95. The highest BCUT2D eigenvalue weighted by Gasteiger charge is 2.36. The van der Waals surface area contributed by atoms with Gasteiger partial charge >= 0.3 is 6.18 Å². The molecule has 0 radical (unpaired) electrons. The lowest BCUT2D eigenvalue weighted by molar-refractivity contribution is -0.144. The van der Waals surface area contributed by atoms with Crippen LogP contribution in [0.3, 0.4) is 0 Å². The van der Waals surface area contributed by atoms with Crippen molar-refractivity contribution in [2.75, 3.05) is 43.1 Å². The maximum Gasteiger partial charge on any atom is 0.451 e. The van der Waals surface area contributed by atoms with E-state index < -0.39 is 17.9 Å². The first-order valence-corrected chi connectivity index (χ1v) is 9.54. The molecule has 1 amide bonds. The van der Waals surface area contributed by atoms with Crippen LogP contribution >= 0.6 is 0 Å². The van der Waals surface area contributed by atoms with E-state index in [2.05, 4.69) is 26.0 Å². The molecule has 30 heavy (non-hydrogen) atoms. The normalized spacial score (nSPS) is 22.2. The molecule has 2 aliphatic rings. The zero-order valence-corrected chi connectivity index (χ0v) is 15.9. The monoisotopic (exact) mass is 422 g/mol. The first-order chi connectivity index (χ1) is 14.4. The molecule has 1 unspecified atom stereocenters. The number of amides is 1. The van der Waals surface area contributed by atoms with Gasteiger partial charge in [0.05, 0.1) is 18.6 Å². The predicted molar refractivity (Wildman–Crippen MR) is 103 cm³/mol. The summed E-state index contributed by atoms with van der Waals surface area (Å²) >= 11 is 0. The Morgan fingerprint density at radius 3 is 2.70 bits per heavy atom. The van der Waals surface area contributed by atoms with Gasteiger partial charge in [0.1, 0.15) is 5.82 Å². The molecule has 2 fully saturated rings. The minimum Gasteiger partial charge on any atom is -0.371 e. The highest BCUT2D eigenvalue weighted by Crippen LogP contribution is 2.27. The molecule has 0 saturated carbocycles. The number of morpholine rings is 1. The molecule has 0 spiro atoms. The van der Waals surface area contributed by atoms with Gasteiger partial charge in [0.25, 0.3) is 0 Å². The number of aromatic nitrogens is 2. The van der Waals surface area contributed by atoms with Gasteiger partial charge in [-0.1, -0.05) is 12.1 Å². The molecule has 0 bridgehead atoms. The SMILES string of the molecule is O=C(Nc1ccc([C@H]2CNCCO2)cc1)C1CNN(c2ccnc(C(F)(F)F)n2)C1. The number of hydrogen-bond donors (Lipinski definition) is 3. The van der Waals surface area contributed by atoms with Crippen molar-refractivity contribution in [3.05, 3.63) is 47.9 Å². The summed E-state index contributed by atoms with van der Waals surface area (Å²) in [6, 6.07) is 8.80. The van der Waals surface area contributed by atoms with Gasteiger partial charge in [0.15, 0.2) is 0 Å². The number of ether oxygens (including phenoxy) is 1. The molecule has 1 aromatic heterocycles. The van der Waals surface area contributed by atoms with Gasteiger partial charge in [-0.2, -0.15) is 13.2 Å². The van der Waals surface area contributed by atoms with Crippen LogP contribution in [0.2, 0.25) is 0 Å². The average Bonchev–Trinajstić information content (AvgIpc) is 3.25. The van der Waals surface area contributed by atoms with Crippen LogP contribution < -0.4 is 21.1 Å². The number of carbonyl (C=O) groups excluding carboxylic acids is 1. The molecule has 2 aromatic rings. The second kappa shape index (κ2) is 8.54. The molecule has 8 nitrogen and oxygen atoms in total. The van der Waals surface area contributed by atoms with E-state index in [1.165, 1.54) is 11.1 Å². The number of nitrogens with zero attached hydrogens (tertiary/aromatic N) is 3. The average molecular weight is 422 g/mol. The number of halogens is 3. The predicted octanol–water partition coefficient (Wildman–Crippen LogP) is 1.74. The number of rotatable bonds is 4. The first kappa shape index (κ1) is 20.5. The number of hydrazine groups is 1. The summed E-state index contributed by atoms with van der Waals surface area (Å²) in [7, 11) is 0. The third-order valence-corrected chi connectivity index (χ3v) is 4.95. The number of hydrogen-bond acceptors (Lipinski definition) is 7. The van der Waals surface area contributed by atoms with Crippen LogP contribution in [0.5, 0.6) is 0 Å². The van der Waals surface area contributed by atoms with Crippen LogP contribution in [-0.4, -0.2) is 48.7 Å². The Morgan fingerprint density at radius 2 is 2.00 bits per heavy atom. The number of benzene rings is 1. The molecule has 1 aromatic carbocycles. The molecule has 4 rings (SSSR count). The Bertz CT molecular complexity index is 887. The van der Waals surface area contributed by atoms with Crippen molar-refractivity contribution in [2.45, 2.75) is 12.3 Å². The minimum atomic E-state index is -4.63. The van der Waals surface area contributed by atoms with Crippen molar-refractivity contribution in [1.82, 2.24) is 20.7 Å². The Kier molecular flexibility index (Phi) is 5.84. The minimum absolute atomic E-state index is 0.00876. The van der Waals surface area contributed by atoms with Crippen LogP contribution in [-0.2, 0) is 15.7 Å². The second-order valence-electron chi connectivity index (χ2n) is 7.08. The lowest BCUT2D eigenvalue weighted by Gasteiger charge is -2.24. The standard InChI is InChI=1S/C19H21F3N6O2/c20-19(21,22)18-24-6-5-16(27-18)28-11-13(9-25-28)17(29)26-14-3-1-12(2-4-14)15-10-23-7-8-30-15/h1-6,13,15,23,25H,7-11H2,(H,26,29)/t13?,15-/m1/s1. The first-order valence-electron chi connectivity index (χ1n) is 9.54. The fourth-order valence-corrected chi connectivity index (χ4v) is 3.36. The largest absolute Gasteiger partial charge is 0.451 e. The quantitative estimate of drug-likeness (QED) is 0.691. The van der Waals surface area contributed by atoms with E-state index in [9.17, 15) is 18.0 Å². The molecule has 3 heterocycles. The summed E-state index contributed by atoms with van der Waals surface area (Å²) < 4.78 is 44.1. The van der Waals surface area contributed by atoms with Gasteiger partial charge < -0.3 is 15.4 Å². The van der Waals surface area contributed by atoms with E-state index in [4.69, 9.17) is 4.74 Å². The fraction of sp³-hybridized carbons (Fsp3) is 0.421. The molecule has 3 N–H and O–H groups in total. The van der Waals surface area contributed by atoms with Crippen LogP contribution in [0.4, 0.5) is 24.7 Å². The van der Waals surface area contributed by atoms with E-state index in [0.717, 1.165) is 24.8 Å². The van der Waals surface area contributed by atoms with Crippen molar-refractivity contribution < 1.29 is 22.7 Å². The van der Waals surface area contributed by atoms with Crippen molar-refractivity contribution in [2.24, 2.45) is 5.92 Å². The molecule has 2 atom stereocenters. The van der Waals surface area contributed by atoms with Crippen molar-refractivity contribution in [3.63, 3.8) is 0 Å². The van der Waals surface area contributed by atoms with Gasteiger partial charge in [-0.05, 0) is 17.7 Å². The maximum atomic E-state index is 12.8. The van der Waals surface area contributed by atoms with Gasteiger partial charge in [0.2, 0.25) is 11.7 Å². The van der Waals surface area contributed by atoms with Crippen LogP contribution in [0.15, 0.2) is 36.5 Å². The Hall–Kier alpha value is -2.76. The van der Waals surface area contributed by atoms with Crippen LogP contribution in [0.1, 0.15) is 17.5 Å². The van der Waals surface area contributed by atoms with Crippen molar-refractivity contribution in [1.29, 1.82) is 0 Å². The van der Waals surface area contributed by atoms with E-state index in [1.807, 2.05) is 24.3 Å². The fourth-order valence-electron chi connectivity index (χ4n) is 3.36. The number of nitrogens with one attached hydrogen (secondary N) is 3. The second-order valence-corrected chi connectivity index (χ2v) is 7.08. The zero-order chi connectivity index (χ0) is 21.1. The van der Waals surface area contributed by atoms with Crippen LogP contribution in [0, 0.1) is 5.92 Å². The topological polar surface area (TPSA) is 91.4 Å². The molecule has 160 valence electrons. The van der Waals surface area contributed by atoms with Crippen molar-refractivity contribution in [3.8, 4) is 0 Å². The third kappa shape index (κ3) is 4.69. The van der Waals surface area contributed by atoms with Crippen molar-refractivity contribution >= 4 is 17.4 Å².